The van der Waals surface area contributed by atoms with Crippen LogP contribution in [0.25, 0.3) is 0 Å². The zero-order valence-electron chi connectivity index (χ0n) is 9.67. The second-order valence-electron chi connectivity index (χ2n) is 4.15. The molecule has 1 aromatic rings. The largest absolute Gasteiger partial charge is 0.306 e. The number of nitrogens with zero attached hydrogens (tertiary/aromatic N) is 1. The average Bonchev–Trinajstić information content (AvgIpc) is 2.59. The summed E-state index contributed by atoms with van der Waals surface area (Å²) in [6.45, 7) is 4.91. The van der Waals surface area contributed by atoms with Crippen LogP contribution in [0.5, 0.6) is 0 Å². The molecule has 1 atom stereocenters. The Bertz CT molecular complexity index is 363. The molecule has 0 aliphatic carbocycles. The lowest BCUT2D eigenvalue weighted by Crippen LogP contribution is -2.43. The molecular weight excluding hydrogens is 222 g/mol. The van der Waals surface area contributed by atoms with Crippen molar-refractivity contribution in [2.75, 3.05) is 11.9 Å². The van der Waals surface area contributed by atoms with Crippen LogP contribution in [0.15, 0.2) is 0 Å². The number of anilines is 1. The molecule has 0 spiro atoms. The van der Waals surface area contributed by atoms with Gasteiger partial charge in [-0.2, -0.15) is 0 Å². The fraction of sp³-hybridized carbons (Fsp3) is 0.636. The van der Waals surface area contributed by atoms with Gasteiger partial charge in [0.05, 0.1) is 11.7 Å². The second kappa shape index (κ2) is 4.93. The Morgan fingerprint density at radius 1 is 1.50 bits per heavy atom. The lowest BCUT2D eigenvalue weighted by Gasteiger charge is -2.21. The summed E-state index contributed by atoms with van der Waals surface area (Å²) in [4.78, 5) is 17.3. The molecule has 1 fully saturated rings. The highest BCUT2D eigenvalue weighted by atomic mass is 32.1. The van der Waals surface area contributed by atoms with Crippen molar-refractivity contribution in [2.45, 2.75) is 39.2 Å². The Kier molecular flexibility index (Phi) is 3.56. The first-order valence-corrected chi connectivity index (χ1v) is 6.47. The Labute approximate surface area is 99.5 Å². The maximum Gasteiger partial charge on any atom is 0.243 e. The minimum absolute atomic E-state index is 0.0433. The van der Waals surface area contributed by atoms with Crippen molar-refractivity contribution in [3.63, 3.8) is 0 Å². The van der Waals surface area contributed by atoms with E-state index in [-0.39, 0.29) is 11.9 Å². The van der Waals surface area contributed by atoms with Gasteiger partial charge in [-0.05, 0) is 33.2 Å². The minimum Gasteiger partial charge on any atom is -0.306 e. The Morgan fingerprint density at radius 3 is 2.88 bits per heavy atom. The Hall–Kier alpha value is -0.940. The zero-order valence-corrected chi connectivity index (χ0v) is 10.5. The molecule has 0 bridgehead atoms. The summed E-state index contributed by atoms with van der Waals surface area (Å²) < 4.78 is 0. The van der Waals surface area contributed by atoms with Gasteiger partial charge in [0.25, 0.3) is 0 Å². The third-order valence-electron chi connectivity index (χ3n) is 2.89. The molecule has 1 unspecified atom stereocenters. The van der Waals surface area contributed by atoms with Gasteiger partial charge in [0, 0.05) is 4.88 Å². The van der Waals surface area contributed by atoms with Crippen molar-refractivity contribution in [3.05, 3.63) is 10.6 Å². The number of amides is 1. The van der Waals surface area contributed by atoms with E-state index >= 15 is 0 Å². The summed E-state index contributed by atoms with van der Waals surface area (Å²) in [5.74, 6) is 0.0495. The monoisotopic (exact) mass is 239 g/mol. The van der Waals surface area contributed by atoms with E-state index in [0.29, 0.717) is 5.13 Å². The molecule has 1 amide bonds. The van der Waals surface area contributed by atoms with Crippen LogP contribution in [-0.2, 0) is 4.79 Å². The quantitative estimate of drug-likeness (QED) is 0.828. The number of rotatable bonds is 2. The van der Waals surface area contributed by atoms with Crippen molar-refractivity contribution in [1.29, 1.82) is 0 Å². The Balaban J connectivity index is 1.95. The average molecular weight is 239 g/mol. The molecule has 88 valence electrons. The van der Waals surface area contributed by atoms with Crippen molar-refractivity contribution < 1.29 is 4.79 Å². The SMILES string of the molecule is Cc1nc(NC(=O)C2CCCCN2)sc1C. The molecule has 1 saturated heterocycles. The molecule has 0 saturated carbocycles. The van der Waals surface area contributed by atoms with Gasteiger partial charge in [0.2, 0.25) is 5.91 Å². The van der Waals surface area contributed by atoms with E-state index in [2.05, 4.69) is 15.6 Å². The van der Waals surface area contributed by atoms with Gasteiger partial charge in [-0.1, -0.05) is 6.42 Å². The highest BCUT2D eigenvalue weighted by molar-refractivity contribution is 7.15. The molecule has 0 aromatic carbocycles. The van der Waals surface area contributed by atoms with Crippen LogP contribution in [0, 0.1) is 13.8 Å². The number of aromatic nitrogens is 1. The molecule has 2 heterocycles. The number of carbonyl (C=O) groups excluding carboxylic acids is 1. The lowest BCUT2D eigenvalue weighted by atomic mass is 10.0. The standard InChI is InChI=1S/C11H17N3OS/c1-7-8(2)16-11(13-7)14-10(15)9-5-3-4-6-12-9/h9,12H,3-6H2,1-2H3,(H,13,14,15). The molecule has 1 aromatic heterocycles. The van der Waals surface area contributed by atoms with Crippen molar-refractivity contribution in [2.24, 2.45) is 0 Å². The first-order chi connectivity index (χ1) is 7.66. The first-order valence-electron chi connectivity index (χ1n) is 5.65. The summed E-state index contributed by atoms with van der Waals surface area (Å²) in [5.41, 5.74) is 0.997. The van der Waals surface area contributed by atoms with E-state index < -0.39 is 0 Å². The molecule has 16 heavy (non-hydrogen) atoms. The third kappa shape index (κ3) is 2.59. The lowest BCUT2D eigenvalue weighted by molar-refractivity contribution is -0.118. The first kappa shape index (κ1) is 11.5. The predicted molar refractivity (Wildman–Crippen MR) is 65.9 cm³/mol. The van der Waals surface area contributed by atoms with Crippen molar-refractivity contribution in [1.82, 2.24) is 10.3 Å². The van der Waals surface area contributed by atoms with Crippen LogP contribution in [0.1, 0.15) is 29.8 Å². The van der Waals surface area contributed by atoms with Crippen molar-refractivity contribution >= 4 is 22.4 Å². The van der Waals surface area contributed by atoms with Crippen LogP contribution >= 0.6 is 11.3 Å². The fourth-order valence-electron chi connectivity index (χ4n) is 1.79. The Morgan fingerprint density at radius 2 is 2.31 bits per heavy atom. The van der Waals surface area contributed by atoms with Gasteiger partial charge in [-0.25, -0.2) is 4.98 Å². The van der Waals surface area contributed by atoms with Gasteiger partial charge in [0.1, 0.15) is 0 Å². The normalized spacial score (nSPS) is 20.8. The topological polar surface area (TPSA) is 54.0 Å². The highest BCUT2D eigenvalue weighted by Crippen LogP contribution is 2.21. The maximum absolute atomic E-state index is 11.9. The van der Waals surface area contributed by atoms with Crippen molar-refractivity contribution in [3.8, 4) is 0 Å². The van der Waals surface area contributed by atoms with E-state index in [9.17, 15) is 4.79 Å². The third-order valence-corrected chi connectivity index (χ3v) is 3.87. The molecule has 4 nitrogen and oxygen atoms in total. The number of piperidine rings is 1. The molecule has 0 radical (unpaired) electrons. The molecule has 2 N–H and O–H groups in total. The van der Waals surface area contributed by atoms with Crippen LogP contribution in [-0.4, -0.2) is 23.5 Å². The maximum atomic E-state index is 11.9. The number of carbonyl (C=O) groups is 1. The smallest absolute Gasteiger partial charge is 0.243 e. The van der Waals surface area contributed by atoms with E-state index in [4.69, 9.17) is 0 Å². The summed E-state index contributed by atoms with van der Waals surface area (Å²) >= 11 is 1.54. The van der Waals surface area contributed by atoms with Gasteiger partial charge in [0.15, 0.2) is 5.13 Å². The van der Waals surface area contributed by atoms with Gasteiger partial charge >= 0.3 is 0 Å². The van der Waals surface area contributed by atoms with E-state index in [0.717, 1.165) is 30.0 Å². The van der Waals surface area contributed by atoms with E-state index in [1.165, 1.54) is 17.8 Å². The van der Waals surface area contributed by atoms with Crippen LogP contribution in [0.2, 0.25) is 0 Å². The molecule has 1 aliphatic heterocycles. The van der Waals surface area contributed by atoms with Gasteiger partial charge in [-0.3, -0.25) is 4.79 Å². The number of hydrogen-bond acceptors (Lipinski definition) is 4. The van der Waals surface area contributed by atoms with E-state index in [1.807, 2.05) is 13.8 Å². The zero-order chi connectivity index (χ0) is 11.5. The van der Waals surface area contributed by atoms with Crippen LogP contribution in [0.3, 0.4) is 0 Å². The van der Waals surface area contributed by atoms with Crippen LogP contribution < -0.4 is 10.6 Å². The molecule has 5 heteroatoms. The molecule has 2 rings (SSSR count). The number of nitrogens with one attached hydrogen (secondary N) is 2. The van der Waals surface area contributed by atoms with Gasteiger partial charge in [-0.15, -0.1) is 11.3 Å². The summed E-state index contributed by atoms with van der Waals surface area (Å²) in [6, 6.07) is -0.0433. The highest BCUT2D eigenvalue weighted by Gasteiger charge is 2.21. The number of thiazole rings is 1. The molecular formula is C11H17N3OS. The number of hydrogen-bond donors (Lipinski definition) is 2. The second-order valence-corrected chi connectivity index (χ2v) is 5.36. The number of aryl methyl sites for hydroxylation is 2. The minimum atomic E-state index is -0.0433. The van der Waals surface area contributed by atoms with Crippen LogP contribution in [0.4, 0.5) is 5.13 Å². The van der Waals surface area contributed by atoms with E-state index in [1.54, 1.807) is 0 Å². The summed E-state index contributed by atoms with van der Waals surface area (Å²) in [5, 5.41) is 6.82. The summed E-state index contributed by atoms with van der Waals surface area (Å²) in [7, 11) is 0. The summed E-state index contributed by atoms with van der Waals surface area (Å²) in [6.07, 6.45) is 3.22. The predicted octanol–water partition coefficient (Wildman–Crippen LogP) is 1.84. The molecule has 1 aliphatic rings. The fourth-order valence-corrected chi connectivity index (χ4v) is 2.61. The van der Waals surface area contributed by atoms with Gasteiger partial charge < -0.3 is 10.6 Å².